The summed E-state index contributed by atoms with van der Waals surface area (Å²) in [6.45, 7) is 6.29. The van der Waals surface area contributed by atoms with Gasteiger partial charge in [-0.1, -0.05) is 79.7 Å². The summed E-state index contributed by atoms with van der Waals surface area (Å²) in [7, 11) is 0. The second-order valence-corrected chi connectivity index (χ2v) is 7.87. The van der Waals surface area contributed by atoms with Crippen molar-refractivity contribution in [3.05, 3.63) is 102 Å². The molecule has 3 nitrogen and oxygen atoms in total. The summed E-state index contributed by atoms with van der Waals surface area (Å²) >= 11 is 0. The Labute approximate surface area is 185 Å². The third-order valence-corrected chi connectivity index (χ3v) is 5.78. The first-order valence-corrected chi connectivity index (χ1v) is 11.2. The zero-order valence-electron chi connectivity index (χ0n) is 18.3. The monoisotopic (exact) mass is 413 g/mol. The van der Waals surface area contributed by atoms with Crippen LogP contribution < -0.4 is 4.74 Å². The van der Waals surface area contributed by atoms with E-state index in [0.717, 1.165) is 44.9 Å². The fraction of sp³-hybridized carbons (Fsp3) is 0.286. The van der Waals surface area contributed by atoms with Crippen LogP contribution in [0.25, 0.3) is 11.1 Å². The van der Waals surface area contributed by atoms with Gasteiger partial charge in [0.25, 0.3) is 0 Å². The minimum absolute atomic E-state index is 0.614. The number of allylic oxidation sites excluding steroid dienone is 2. The average molecular weight is 414 g/mol. The van der Waals surface area contributed by atoms with Gasteiger partial charge in [0, 0.05) is 13.1 Å². The third-order valence-electron chi connectivity index (χ3n) is 5.78. The van der Waals surface area contributed by atoms with Crippen molar-refractivity contribution in [2.24, 2.45) is 0 Å². The molecule has 160 valence electrons. The zero-order valence-corrected chi connectivity index (χ0v) is 18.3. The van der Waals surface area contributed by atoms with E-state index in [1.54, 1.807) is 0 Å². The molecule has 0 aromatic heterocycles. The number of hydrogen-bond acceptors (Lipinski definition) is 3. The van der Waals surface area contributed by atoms with Crippen molar-refractivity contribution in [2.75, 3.05) is 33.0 Å². The van der Waals surface area contributed by atoms with Gasteiger partial charge in [-0.25, -0.2) is 0 Å². The van der Waals surface area contributed by atoms with Gasteiger partial charge in [0.1, 0.15) is 12.5 Å². The average Bonchev–Trinajstić information content (AvgIpc) is 2.85. The summed E-state index contributed by atoms with van der Waals surface area (Å²) in [5, 5.41) is 0. The van der Waals surface area contributed by atoms with Crippen LogP contribution >= 0.6 is 0 Å². The molecule has 4 rings (SSSR count). The summed E-state index contributed by atoms with van der Waals surface area (Å²) in [6, 6.07) is 30.1. The van der Waals surface area contributed by atoms with Crippen LogP contribution in [0.5, 0.6) is 5.75 Å². The molecule has 0 spiro atoms. The molecule has 1 fully saturated rings. The highest BCUT2D eigenvalue weighted by Gasteiger charge is 2.13. The molecule has 1 heterocycles. The molecule has 3 heteroatoms. The lowest BCUT2D eigenvalue weighted by molar-refractivity contribution is 0.00407. The van der Waals surface area contributed by atoms with Crippen molar-refractivity contribution in [1.29, 1.82) is 0 Å². The van der Waals surface area contributed by atoms with Gasteiger partial charge in [-0.15, -0.1) is 0 Å². The van der Waals surface area contributed by atoms with E-state index >= 15 is 0 Å². The van der Waals surface area contributed by atoms with Gasteiger partial charge in [-0.2, -0.15) is 0 Å². The Morgan fingerprint density at radius 3 is 2.03 bits per heavy atom. The van der Waals surface area contributed by atoms with Crippen LogP contribution in [0.2, 0.25) is 0 Å². The van der Waals surface area contributed by atoms with Gasteiger partial charge in [-0.3, -0.25) is 4.90 Å². The van der Waals surface area contributed by atoms with E-state index in [1.165, 1.54) is 27.8 Å². The van der Waals surface area contributed by atoms with E-state index in [4.69, 9.17) is 9.47 Å². The fourth-order valence-electron chi connectivity index (χ4n) is 4.06. The van der Waals surface area contributed by atoms with Gasteiger partial charge in [0.15, 0.2) is 0 Å². The Kier molecular flexibility index (Phi) is 7.54. The Morgan fingerprint density at radius 2 is 1.39 bits per heavy atom. The third kappa shape index (κ3) is 5.84. The van der Waals surface area contributed by atoms with Crippen LogP contribution in [0.4, 0.5) is 0 Å². The van der Waals surface area contributed by atoms with E-state index in [1.807, 2.05) is 0 Å². The van der Waals surface area contributed by atoms with E-state index in [2.05, 4.69) is 96.8 Å². The van der Waals surface area contributed by atoms with Crippen LogP contribution in [0.1, 0.15) is 30.0 Å². The number of ether oxygens (including phenoxy) is 2. The molecular formula is C28H31NO2. The Hall–Kier alpha value is -2.88. The first-order valence-electron chi connectivity index (χ1n) is 11.2. The second-order valence-electron chi connectivity index (χ2n) is 7.87. The maximum Gasteiger partial charge on any atom is 0.142 e. The molecule has 0 amide bonds. The summed E-state index contributed by atoms with van der Waals surface area (Å²) in [6.07, 6.45) is 1.90. The predicted molar refractivity (Wildman–Crippen MR) is 128 cm³/mol. The summed E-state index contributed by atoms with van der Waals surface area (Å²) in [5.74, 6) is 0.912. The summed E-state index contributed by atoms with van der Waals surface area (Å²) < 4.78 is 11.4. The Balaban J connectivity index is 1.58. The molecule has 0 bridgehead atoms. The molecule has 1 aliphatic heterocycles. The highest BCUT2D eigenvalue weighted by atomic mass is 16.5. The number of morpholine rings is 1. The van der Waals surface area contributed by atoms with Crippen LogP contribution in [0.3, 0.4) is 0 Å². The Bertz CT molecular complexity index is 959. The van der Waals surface area contributed by atoms with Crippen LogP contribution in [0.15, 0.2) is 84.9 Å². The molecule has 3 aromatic rings. The second kappa shape index (κ2) is 10.9. The van der Waals surface area contributed by atoms with Crippen molar-refractivity contribution in [2.45, 2.75) is 19.8 Å². The smallest absolute Gasteiger partial charge is 0.142 e. The molecule has 0 N–H and O–H groups in total. The maximum absolute atomic E-state index is 6.01. The van der Waals surface area contributed by atoms with Gasteiger partial charge in [-0.05, 0) is 52.8 Å². The predicted octanol–water partition coefficient (Wildman–Crippen LogP) is 5.92. The van der Waals surface area contributed by atoms with Gasteiger partial charge in [0.2, 0.25) is 0 Å². The van der Waals surface area contributed by atoms with Crippen LogP contribution in [-0.4, -0.2) is 37.9 Å². The van der Waals surface area contributed by atoms with Crippen LogP contribution in [0, 0.1) is 0 Å². The number of nitrogens with zero attached hydrogens (tertiary/aromatic N) is 1. The topological polar surface area (TPSA) is 21.7 Å². The van der Waals surface area contributed by atoms with Crippen molar-refractivity contribution >= 4 is 11.1 Å². The van der Waals surface area contributed by atoms with Crippen molar-refractivity contribution in [3.8, 4) is 5.75 Å². The number of hydrogen-bond donors (Lipinski definition) is 0. The lowest BCUT2D eigenvalue weighted by Crippen LogP contribution is -2.38. The lowest BCUT2D eigenvalue weighted by Gasteiger charge is -2.26. The summed E-state index contributed by atoms with van der Waals surface area (Å²) in [5.41, 5.74) is 6.65. The molecule has 0 saturated carbocycles. The SMILES string of the molecule is CC/C(=C(\Cc1ccccc1)c1ccccc1)c1ccc(OCN2CCOCC2)cc1. The molecule has 3 aromatic carbocycles. The lowest BCUT2D eigenvalue weighted by atomic mass is 9.89. The van der Waals surface area contributed by atoms with Crippen molar-refractivity contribution < 1.29 is 9.47 Å². The quantitative estimate of drug-likeness (QED) is 0.428. The molecule has 1 aliphatic rings. The summed E-state index contributed by atoms with van der Waals surface area (Å²) in [4.78, 5) is 2.28. The standard InChI is InChI=1S/C28H31NO2/c1-2-27(25-13-15-26(16-14-25)31-22-29-17-19-30-20-18-29)28(24-11-7-4-8-12-24)21-23-9-5-3-6-10-23/h3-16H,2,17-22H2,1H3/b28-27-. The first kappa shape index (κ1) is 21.4. The minimum atomic E-state index is 0.614. The number of rotatable bonds is 8. The van der Waals surface area contributed by atoms with Crippen LogP contribution in [-0.2, 0) is 11.2 Å². The largest absolute Gasteiger partial charge is 0.478 e. The zero-order chi connectivity index (χ0) is 21.3. The van der Waals surface area contributed by atoms with E-state index in [9.17, 15) is 0 Å². The van der Waals surface area contributed by atoms with E-state index in [0.29, 0.717) is 6.73 Å². The first-order chi connectivity index (χ1) is 15.3. The normalized spacial score (nSPS) is 15.4. The van der Waals surface area contributed by atoms with Crippen molar-refractivity contribution in [1.82, 2.24) is 4.90 Å². The molecule has 31 heavy (non-hydrogen) atoms. The molecular weight excluding hydrogens is 382 g/mol. The highest BCUT2D eigenvalue weighted by molar-refractivity contribution is 5.91. The highest BCUT2D eigenvalue weighted by Crippen LogP contribution is 2.32. The minimum Gasteiger partial charge on any atom is -0.478 e. The fourth-order valence-corrected chi connectivity index (χ4v) is 4.06. The van der Waals surface area contributed by atoms with E-state index < -0.39 is 0 Å². The molecule has 1 saturated heterocycles. The maximum atomic E-state index is 6.01. The molecule has 0 unspecified atom stereocenters. The van der Waals surface area contributed by atoms with E-state index in [-0.39, 0.29) is 0 Å². The van der Waals surface area contributed by atoms with Gasteiger partial charge < -0.3 is 9.47 Å². The molecule has 0 radical (unpaired) electrons. The van der Waals surface area contributed by atoms with Gasteiger partial charge >= 0.3 is 0 Å². The number of benzene rings is 3. The molecule has 0 atom stereocenters. The van der Waals surface area contributed by atoms with Crippen molar-refractivity contribution in [3.63, 3.8) is 0 Å². The molecule has 0 aliphatic carbocycles. The van der Waals surface area contributed by atoms with Gasteiger partial charge in [0.05, 0.1) is 13.2 Å². The Morgan fingerprint density at radius 1 is 0.774 bits per heavy atom.